The quantitative estimate of drug-likeness (QED) is 0.0958. The molecule has 0 N–H and O–H groups in total. The molecule has 13 aromatic rings. The lowest BCUT2D eigenvalue weighted by molar-refractivity contribution is -0.571. The van der Waals surface area contributed by atoms with Crippen molar-refractivity contribution in [2.45, 2.75) is 32.6 Å². The highest BCUT2D eigenvalue weighted by Gasteiger charge is 2.22. The molecule has 0 saturated carbocycles. The number of benzene rings is 9. The van der Waals surface area contributed by atoms with Gasteiger partial charge in [-0.2, -0.15) is 0 Å². The Bertz CT molecular complexity index is 4010. The van der Waals surface area contributed by atoms with E-state index in [1.54, 1.807) is 0 Å². The summed E-state index contributed by atoms with van der Waals surface area (Å²) in [6.45, 7) is 4.54. The molecule has 71 heavy (non-hydrogen) atoms. The zero-order chi connectivity index (χ0) is 47.4. The third-order valence-electron chi connectivity index (χ3n) is 14.3. The van der Waals surface area contributed by atoms with E-state index in [0.29, 0.717) is 5.92 Å². The number of aromatic nitrogens is 5. The number of ether oxygens (including phenoxy) is 1. The smallest absolute Gasteiger partial charge is 0.269 e. The second-order valence-electron chi connectivity index (χ2n) is 18.3. The van der Waals surface area contributed by atoms with Gasteiger partial charge in [-0.05, 0) is 119 Å². The maximum absolute atomic E-state index is 6.90. The minimum atomic E-state index is 0.451. The summed E-state index contributed by atoms with van der Waals surface area (Å²) in [4.78, 5) is 5.05. The molecule has 0 saturated heterocycles. The highest BCUT2D eigenvalue weighted by molar-refractivity contribution is 6.12. The largest absolute Gasteiger partial charge is 0.458 e. The van der Waals surface area contributed by atoms with Gasteiger partial charge in [0.15, 0.2) is 0 Å². The standard InChI is InChI=1S/C65H49N5O/c1-3-44(4-2)47-37-38-66-64(39-47)70-60-36-33-49(69-58-29-13-11-25-54(58)55-26-12-14-30-59(55)69)41-57(60)56-35-34-51(42-63(56)70)71-50-24-17-23-48(40-50)67-43-68(62-32-16-15-31-61(62)67)65-52(45-19-7-5-8-20-45)27-18-28-53(65)46-21-9-6-10-22-46/h5-42,44H,3-4H2,1-2H3. The molecule has 4 heterocycles. The lowest BCUT2D eigenvalue weighted by Gasteiger charge is -2.17. The highest BCUT2D eigenvalue weighted by atomic mass is 16.5. The van der Waals surface area contributed by atoms with Gasteiger partial charge >= 0.3 is 0 Å². The Morgan fingerprint density at radius 1 is 0.465 bits per heavy atom. The molecule has 0 aliphatic heterocycles. The molecule has 6 heteroatoms. The van der Waals surface area contributed by atoms with Crippen molar-refractivity contribution >= 4 is 54.6 Å². The number of nitrogens with zero attached hydrogens (tertiary/aromatic N) is 5. The van der Waals surface area contributed by atoms with E-state index < -0.39 is 0 Å². The van der Waals surface area contributed by atoms with Gasteiger partial charge in [0.1, 0.15) is 17.3 Å². The van der Waals surface area contributed by atoms with Crippen LogP contribution in [0.3, 0.4) is 0 Å². The molecule has 340 valence electrons. The first kappa shape index (κ1) is 42.1. The zero-order valence-electron chi connectivity index (χ0n) is 39.6. The number of pyridine rings is 1. The van der Waals surface area contributed by atoms with Gasteiger partial charge in [0.05, 0.1) is 44.5 Å². The normalized spacial score (nSPS) is 11.8. The van der Waals surface area contributed by atoms with Crippen LogP contribution in [0.5, 0.6) is 11.5 Å². The van der Waals surface area contributed by atoms with Crippen molar-refractivity contribution in [1.29, 1.82) is 0 Å². The lowest BCUT2D eigenvalue weighted by Crippen LogP contribution is -2.31. The Morgan fingerprint density at radius 3 is 1.77 bits per heavy atom. The number of hydrogen-bond acceptors (Lipinski definition) is 2. The van der Waals surface area contributed by atoms with Crippen LogP contribution in [0.4, 0.5) is 0 Å². The second-order valence-corrected chi connectivity index (χ2v) is 18.3. The first-order chi connectivity index (χ1) is 35.1. The first-order valence-corrected chi connectivity index (χ1v) is 24.6. The first-order valence-electron chi connectivity index (χ1n) is 24.6. The lowest BCUT2D eigenvalue weighted by atomic mass is 9.95. The molecule has 0 spiro atoms. The molecule has 0 radical (unpaired) electrons. The summed E-state index contributed by atoms with van der Waals surface area (Å²) in [6.07, 6.45) is 7.92. The van der Waals surface area contributed by atoms with E-state index in [1.165, 1.54) is 27.4 Å². The molecule has 0 aliphatic rings. The minimum absolute atomic E-state index is 0.451. The third kappa shape index (κ3) is 7.18. The zero-order valence-corrected chi connectivity index (χ0v) is 39.6. The maximum Gasteiger partial charge on any atom is 0.269 e. The number of imidazole rings is 1. The van der Waals surface area contributed by atoms with Gasteiger partial charge in [-0.15, -0.1) is 0 Å². The van der Waals surface area contributed by atoms with Gasteiger partial charge in [-0.1, -0.05) is 159 Å². The molecule has 0 aliphatic carbocycles. The van der Waals surface area contributed by atoms with Crippen LogP contribution in [-0.4, -0.2) is 18.7 Å². The van der Waals surface area contributed by atoms with Crippen molar-refractivity contribution in [2.75, 3.05) is 0 Å². The van der Waals surface area contributed by atoms with Gasteiger partial charge in [0, 0.05) is 39.5 Å². The average molecular weight is 916 g/mol. The Morgan fingerprint density at radius 2 is 1.07 bits per heavy atom. The Balaban J connectivity index is 0.939. The van der Waals surface area contributed by atoms with E-state index in [2.05, 4.69) is 257 Å². The van der Waals surface area contributed by atoms with Crippen LogP contribution in [0.1, 0.15) is 38.2 Å². The molecule has 4 aromatic heterocycles. The van der Waals surface area contributed by atoms with Crippen molar-refractivity contribution in [3.05, 3.63) is 243 Å². The number of rotatable bonds is 11. The molecule has 9 aromatic carbocycles. The summed E-state index contributed by atoms with van der Waals surface area (Å²) < 4.78 is 16.0. The van der Waals surface area contributed by atoms with E-state index >= 15 is 0 Å². The van der Waals surface area contributed by atoms with E-state index in [-0.39, 0.29) is 0 Å². The van der Waals surface area contributed by atoms with E-state index in [4.69, 9.17) is 9.72 Å². The molecule has 0 amide bonds. The van der Waals surface area contributed by atoms with Crippen LogP contribution in [0, 0.1) is 6.33 Å². The fourth-order valence-electron chi connectivity index (χ4n) is 10.9. The molecular weight excluding hydrogens is 867 g/mol. The van der Waals surface area contributed by atoms with Crippen molar-refractivity contribution < 1.29 is 9.30 Å². The fraction of sp³-hybridized carbons (Fsp3) is 0.0769. The molecular formula is C65H49N5O. The summed E-state index contributed by atoms with van der Waals surface area (Å²) in [6, 6.07) is 79.8. The van der Waals surface area contributed by atoms with Crippen LogP contribution in [0.25, 0.3) is 99.8 Å². The Labute approximate surface area is 412 Å². The summed E-state index contributed by atoms with van der Waals surface area (Å²) in [5, 5.41) is 4.76. The third-order valence-corrected chi connectivity index (χ3v) is 14.3. The predicted molar refractivity (Wildman–Crippen MR) is 291 cm³/mol. The second kappa shape index (κ2) is 17.5. The number of hydrogen-bond donors (Lipinski definition) is 0. The van der Waals surface area contributed by atoms with Gasteiger partial charge in [-0.3, -0.25) is 13.7 Å². The van der Waals surface area contributed by atoms with Crippen LogP contribution in [0.2, 0.25) is 0 Å². The molecule has 0 bridgehead atoms. The summed E-state index contributed by atoms with van der Waals surface area (Å²) in [7, 11) is 0. The van der Waals surface area contributed by atoms with Crippen LogP contribution in [0.15, 0.2) is 231 Å². The van der Waals surface area contributed by atoms with E-state index in [9.17, 15) is 0 Å². The number of para-hydroxylation sites is 5. The van der Waals surface area contributed by atoms with Crippen molar-refractivity contribution in [3.8, 4) is 56.6 Å². The van der Waals surface area contributed by atoms with Crippen LogP contribution in [-0.2, 0) is 0 Å². The van der Waals surface area contributed by atoms with E-state index in [0.717, 1.165) is 102 Å². The van der Waals surface area contributed by atoms with Crippen LogP contribution < -0.4 is 9.30 Å². The number of fused-ring (bicyclic) bond motifs is 7. The molecule has 6 nitrogen and oxygen atoms in total. The van der Waals surface area contributed by atoms with Gasteiger partial charge in [-0.25, -0.2) is 4.98 Å². The summed E-state index contributed by atoms with van der Waals surface area (Å²) in [5.41, 5.74) is 15.5. The molecule has 0 unspecified atom stereocenters. The van der Waals surface area contributed by atoms with Crippen molar-refractivity contribution in [1.82, 2.24) is 18.7 Å². The van der Waals surface area contributed by atoms with Crippen LogP contribution >= 0.6 is 0 Å². The van der Waals surface area contributed by atoms with Gasteiger partial charge < -0.3 is 9.30 Å². The summed E-state index contributed by atoms with van der Waals surface area (Å²) in [5.74, 6) is 2.80. The Hall–Kier alpha value is -9.00. The van der Waals surface area contributed by atoms with Gasteiger partial charge in [0.2, 0.25) is 0 Å². The van der Waals surface area contributed by atoms with Crippen molar-refractivity contribution in [3.63, 3.8) is 0 Å². The maximum atomic E-state index is 6.90. The van der Waals surface area contributed by atoms with Crippen molar-refractivity contribution in [2.24, 2.45) is 0 Å². The predicted octanol–water partition coefficient (Wildman–Crippen LogP) is 16.3. The fourth-order valence-corrected chi connectivity index (χ4v) is 10.9. The molecule has 0 atom stereocenters. The minimum Gasteiger partial charge on any atom is -0.458 e. The highest BCUT2D eigenvalue weighted by Crippen LogP contribution is 2.40. The Kier molecular flexibility index (Phi) is 10.4. The van der Waals surface area contributed by atoms with E-state index in [1.807, 2.05) is 12.3 Å². The molecule has 13 rings (SSSR count). The summed E-state index contributed by atoms with van der Waals surface area (Å²) >= 11 is 0. The topological polar surface area (TPSA) is 40.8 Å². The average Bonchev–Trinajstić information content (AvgIpc) is 4.09. The molecule has 0 fully saturated rings. The van der Waals surface area contributed by atoms with Gasteiger partial charge in [0.25, 0.3) is 6.33 Å². The monoisotopic (exact) mass is 915 g/mol. The SMILES string of the molecule is CCC(CC)c1ccnc(-n2c3ccc(-n4c5ccccc5c5ccccc54)cc3c3ccc(Oc4cccc(-n5[c-][n+](-c6c(-c7ccccc7)cccc6-c6ccccc6)c6ccccc65)c4)cc32)c1.